The first-order valence-electron chi connectivity index (χ1n) is 7.70. The molecule has 0 aliphatic rings. The van der Waals surface area contributed by atoms with Gasteiger partial charge >= 0.3 is 5.97 Å². The molecule has 0 aromatic heterocycles. The van der Waals surface area contributed by atoms with E-state index in [9.17, 15) is 9.59 Å². The molecule has 1 amide bonds. The molecular formula is C16H34N2O3. The first-order chi connectivity index (χ1) is 9.68. The fraction of sp³-hybridized carbons (Fsp3) is 0.875. The lowest BCUT2D eigenvalue weighted by Gasteiger charge is -2.32. The Morgan fingerprint density at radius 2 is 1.62 bits per heavy atom. The van der Waals surface area contributed by atoms with Crippen molar-refractivity contribution in [2.45, 2.75) is 41.5 Å². The SMILES string of the molecule is CC.CCN(CCN(C)C)C(=O)C(C)C(C)(C)C(=O)OC. The molecule has 5 heteroatoms. The van der Waals surface area contributed by atoms with Gasteiger partial charge in [-0.05, 0) is 34.9 Å². The van der Waals surface area contributed by atoms with E-state index >= 15 is 0 Å². The Labute approximate surface area is 130 Å². The van der Waals surface area contributed by atoms with Crippen LogP contribution < -0.4 is 0 Å². The summed E-state index contributed by atoms with van der Waals surface area (Å²) in [5, 5.41) is 0. The molecule has 0 N–H and O–H groups in total. The normalized spacial score (nSPS) is 12.3. The third kappa shape index (κ3) is 6.93. The van der Waals surface area contributed by atoms with Gasteiger partial charge in [-0.3, -0.25) is 9.59 Å². The summed E-state index contributed by atoms with van der Waals surface area (Å²) in [6.07, 6.45) is 0. The molecule has 0 aromatic rings. The van der Waals surface area contributed by atoms with Crippen molar-refractivity contribution in [3.8, 4) is 0 Å². The Bertz CT molecular complexity index is 315. The van der Waals surface area contributed by atoms with Gasteiger partial charge in [0.05, 0.1) is 18.4 Å². The zero-order chi connectivity index (χ0) is 17.2. The van der Waals surface area contributed by atoms with Gasteiger partial charge in [0.1, 0.15) is 0 Å². The van der Waals surface area contributed by atoms with Crippen LogP contribution >= 0.6 is 0 Å². The first kappa shape index (κ1) is 22.2. The number of hydrogen-bond acceptors (Lipinski definition) is 4. The molecule has 1 unspecified atom stereocenters. The minimum atomic E-state index is -0.808. The van der Waals surface area contributed by atoms with Crippen molar-refractivity contribution in [1.82, 2.24) is 9.80 Å². The highest BCUT2D eigenvalue weighted by Gasteiger charge is 2.40. The molecule has 0 bridgehead atoms. The summed E-state index contributed by atoms with van der Waals surface area (Å²) >= 11 is 0. The Balaban J connectivity index is 0. The maximum absolute atomic E-state index is 12.5. The Morgan fingerprint density at radius 3 is 1.95 bits per heavy atom. The number of hydrogen-bond donors (Lipinski definition) is 0. The molecule has 5 nitrogen and oxygen atoms in total. The fourth-order valence-corrected chi connectivity index (χ4v) is 1.77. The summed E-state index contributed by atoms with van der Waals surface area (Å²) in [7, 11) is 5.30. The van der Waals surface area contributed by atoms with Crippen molar-refractivity contribution in [2.24, 2.45) is 11.3 Å². The van der Waals surface area contributed by atoms with Crippen molar-refractivity contribution in [3.63, 3.8) is 0 Å². The van der Waals surface area contributed by atoms with E-state index in [1.165, 1.54) is 7.11 Å². The molecule has 0 radical (unpaired) electrons. The van der Waals surface area contributed by atoms with Crippen LogP contribution in [0.4, 0.5) is 0 Å². The molecule has 0 fully saturated rings. The van der Waals surface area contributed by atoms with E-state index < -0.39 is 11.3 Å². The summed E-state index contributed by atoms with van der Waals surface area (Å²) in [5.74, 6) is -0.751. The number of carbonyl (C=O) groups is 2. The Morgan fingerprint density at radius 1 is 1.14 bits per heavy atom. The average molecular weight is 302 g/mol. The van der Waals surface area contributed by atoms with Crippen LogP contribution in [-0.4, -0.2) is 62.5 Å². The molecule has 0 saturated heterocycles. The highest BCUT2D eigenvalue weighted by molar-refractivity contribution is 5.87. The van der Waals surface area contributed by atoms with Crippen LogP contribution in [0, 0.1) is 11.3 Å². The van der Waals surface area contributed by atoms with Gasteiger partial charge in [0.2, 0.25) is 5.91 Å². The minimum Gasteiger partial charge on any atom is -0.469 e. The molecule has 0 aromatic carbocycles. The minimum absolute atomic E-state index is 0.000231. The van der Waals surface area contributed by atoms with Crippen LogP contribution in [0.1, 0.15) is 41.5 Å². The third-order valence-corrected chi connectivity index (χ3v) is 3.67. The van der Waals surface area contributed by atoms with Crippen LogP contribution in [0.5, 0.6) is 0 Å². The zero-order valence-corrected chi connectivity index (χ0v) is 15.3. The van der Waals surface area contributed by atoms with Gasteiger partial charge < -0.3 is 14.5 Å². The molecule has 1 atom stereocenters. The molecule has 0 saturated carbocycles. The second-order valence-electron chi connectivity index (χ2n) is 5.66. The lowest BCUT2D eigenvalue weighted by molar-refractivity contribution is -0.159. The predicted octanol–water partition coefficient (Wildman–Crippen LogP) is 2.26. The molecule has 0 rings (SSSR count). The highest BCUT2D eigenvalue weighted by Crippen LogP contribution is 2.29. The zero-order valence-electron chi connectivity index (χ0n) is 15.3. The van der Waals surface area contributed by atoms with Crippen molar-refractivity contribution < 1.29 is 14.3 Å². The van der Waals surface area contributed by atoms with E-state index in [0.717, 1.165) is 6.54 Å². The van der Waals surface area contributed by atoms with E-state index in [1.54, 1.807) is 25.7 Å². The molecule has 0 aliphatic heterocycles. The van der Waals surface area contributed by atoms with Gasteiger partial charge in [-0.1, -0.05) is 20.8 Å². The van der Waals surface area contributed by atoms with Crippen LogP contribution in [0.3, 0.4) is 0 Å². The van der Waals surface area contributed by atoms with Crippen molar-refractivity contribution >= 4 is 11.9 Å². The number of likely N-dealkylation sites (N-methyl/N-ethyl adjacent to an activating group) is 2. The molecule has 0 aliphatic carbocycles. The number of carbonyl (C=O) groups excluding carboxylic acids is 2. The lowest BCUT2D eigenvalue weighted by Crippen LogP contribution is -2.46. The predicted molar refractivity (Wildman–Crippen MR) is 87.1 cm³/mol. The van der Waals surface area contributed by atoms with E-state index in [1.807, 2.05) is 39.8 Å². The van der Waals surface area contributed by atoms with Gasteiger partial charge in [-0.2, -0.15) is 0 Å². The second kappa shape index (κ2) is 10.6. The number of esters is 1. The molecule has 0 heterocycles. The van der Waals surface area contributed by atoms with Crippen LogP contribution in [-0.2, 0) is 14.3 Å². The number of ether oxygens (including phenoxy) is 1. The second-order valence-corrected chi connectivity index (χ2v) is 5.66. The average Bonchev–Trinajstić information content (AvgIpc) is 2.47. The third-order valence-electron chi connectivity index (χ3n) is 3.67. The quantitative estimate of drug-likeness (QED) is 0.677. The van der Waals surface area contributed by atoms with E-state index in [0.29, 0.717) is 13.1 Å². The maximum atomic E-state index is 12.5. The molecule has 126 valence electrons. The van der Waals surface area contributed by atoms with Crippen molar-refractivity contribution in [1.29, 1.82) is 0 Å². The summed E-state index contributed by atoms with van der Waals surface area (Å²) < 4.78 is 4.78. The Kier molecular flexibility index (Phi) is 11.2. The van der Waals surface area contributed by atoms with Crippen LogP contribution in [0.25, 0.3) is 0 Å². The number of methoxy groups -OCH3 is 1. The molecule has 0 spiro atoms. The Hall–Kier alpha value is -1.10. The summed E-state index contributed by atoms with van der Waals surface area (Å²) in [4.78, 5) is 28.0. The maximum Gasteiger partial charge on any atom is 0.312 e. The summed E-state index contributed by atoms with van der Waals surface area (Å²) in [5.41, 5.74) is -0.808. The fourth-order valence-electron chi connectivity index (χ4n) is 1.77. The van der Waals surface area contributed by atoms with E-state index in [4.69, 9.17) is 4.74 Å². The summed E-state index contributed by atoms with van der Waals surface area (Å²) in [6.45, 7) is 13.4. The number of amides is 1. The van der Waals surface area contributed by atoms with Gasteiger partial charge in [-0.25, -0.2) is 0 Å². The number of nitrogens with zero attached hydrogens (tertiary/aromatic N) is 2. The van der Waals surface area contributed by atoms with Crippen LogP contribution in [0.15, 0.2) is 0 Å². The number of rotatable bonds is 7. The van der Waals surface area contributed by atoms with Gasteiger partial charge in [0.15, 0.2) is 0 Å². The first-order valence-corrected chi connectivity index (χ1v) is 7.70. The summed E-state index contributed by atoms with van der Waals surface area (Å²) in [6, 6.07) is 0. The van der Waals surface area contributed by atoms with E-state index in [-0.39, 0.29) is 11.9 Å². The largest absolute Gasteiger partial charge is 0.469 e. The van der Waals surface area contributed by atoms with Crippen LogP contribution in [0.2, 0.25) is 0 Å². The van der Waals surface area contributed by atoms with Crippen molar-refractivity contribution in [3.05, 3.63) is 0 Å². The van der Waals surface area contributed by atoms with Gasteiger partial charge in [-0.15, -0.1) is 0 Å². The van der Waals surface area contributed by atoms with Gasteiger partial charge in [0, 0.05) is 19.6 Å². The van der Waals surface area contributed by atoms with Crippen molar-refractivity contribution in [2.75, 3.05) is 40.8 Å². The van der Waals surface area contributed by atoms with E-state index in [2.05, 4.69) is 0 Å². The standard InChI is InChI=1S/C14H28N2O3.C2H6/c1-8-16(10-9-15(5)6)12(17)11(2)14(3,4)13(18)19-7;1-2/h11H,8-10H2,1-7H3;1-2H3. The monoisotopic (exact) mass is 302 g/mol. The smallest absolute Gasteiger partial charge is 0.312 e. The topological polar surface area (TPSA) is 49.9 Å². The molecule has 21 heavy (non-hydrogen) atoms. The van der Waals surface area contributed by atoms with Gasteiger partial charge in [0.25, 0.3) is 0 Å². The highest BCUT2D eigenvalue weighted by atomic mass is 16.5. The molecular weight excluding hydrogens is 268 g/mol. The lowest BCUT2D eigenvalue weighted by atomic mass is 9.79.